The van der Waals surface area contributed by atoms with Gasteiger partial charge in [-0.2, -0.15) is 0 Å². The van der Waals surface area contributed by atoms with Crippen molar-refractivity contribution in [2.75, 3.05) is 13.2 Å². The molecule has 0 aromatic heterocycles. The van der Waals surface area contributed by atoms with Crippen molar-refractivity contribution in [1.29, 1.82) is 0 Å². The molecule has 1 fully saturated rings. The Hall–Kier alpha value is -0.0800. The maximum atomic E-state index is 7.88. The molecule has 1 aliphatic rings. The van der Waals surface area contributed by atoms with Crippen molar-refractivity contribution in [2.24, 2.45) is 5.92 Å². The van der Waals surface area contributed by atoms with E-state index >= 15 is 0 Å². The van der Waals surface area contributed by atoms with Crippen molar-refractivity contribution in [3.63, 3.8) is 0 Å². The second-order valence-corrected chi connectivity index (χ2v) is 4.19. The lowest BCUT2D eigenvalue weighted by molar-refractivity contribution is 0.295. The molecule has 0 aromatic rings. The molecule has 0 saturated heterocycles. The van der Waals surface area contributed by atoms with Crippen molar-refractivity contribution in [3.8, 4) is 0 Å². The van der Waals surface area contributed by atoms with E-state index < -0.39 is 0 Å². The van der Waals surface area contributed by atoms with Gasteiger partial charge in [0.2, 0.25) is 0 Å². The first-order valence-corrected chi connectivity index (χ1v) is 6.10. The van der Waals surface area contributed by atoms with Crippen molar-refractivity contribution in [3.05, 3.63) is 0 Å². The van der Waals surface area contributed by atoms with Crippen LogP contribution < -0.4 is 5.32 Å². The minimum atomic E-state index is 0.319. The van der Waals surface area contributed by atoms with Crippen molar-refractivity contribution < 1.29 is 5.11 Å². The largest absolute Gasteiger partial charge is 0.396 e. The van der Waals surface area contributed by atoms with E-state index in [1.165, 1.54) is 32.2 Å². The van der Waals surface area contributed by atoms with E-state index in [0.717, 1.165) is 18.4 Å². The van der Waals surface area contributed by atoms with Crippen molar-refractivity contribution >= 4 is 0 Å². The van der Waals surface area contributed by atoms with Gasteiger partial charge in [-0.15, -0.1) is 0 Å². The fourth-order valence-corrected chi connectivity index (χ4v) is 1.78. The summed E-state index contributed by atoms with van der Waals surface area (Å²) in [6.07, 6.45) is 6.41. The first-order chi connectivity index (χ1) is 6.76. The Morgan fingerprint density at radius 2 is 1.86 bits per heavy atom. The molecule has 0 amide bonds. The van der Waals surface area contributed by atoms with Gasteiger partial charge in [-0.1, -0.05) is 27.2 Å². The normalized spacial score (nSPS) is 25.7. The molecule has 2 N–H and O–H groups in total. The summed E-state index contributed by atoms with van der Waals surface area (Å²) in [6, 6.07) is 0.833. The monoisotopic (exact) mass is 201 g/mol. The third-order valence-electron chi connectivity index (χ3n) is 2.74. The average molecular weight is 201 g/mol. The van der Waals surface area contributed by atoms with Gasteiger partial charge in [0, 0.05) is 12.6 Å². The van der Waals surface area contributed by atoms with Crippen LogP contribution in [-0.2, 0) is 0 Å². The summed E-state index contributed by atoms with van der Waals surface area (Å²) in [5, 5.41) is 11.5. The van der Waals surface area contributed by atoms with Crippen LogP contribution in [0.2, 0.25) is 0 Å². The van der Waals surface area contributed by atoms with E-state index in [0.29, 0.717) is 6.61 Å². The Labute approximate surface area is 89.1 Å². The summed E-state index contributed by atoms with van der Waals surface area (Å²) in [5.41, 5.74) is 0. The lowest BCUT2D eigenvalue weighted by Gasteiger charge is -2.16. The summed E-state index contributed by atoms with van der Waals surface area (Å²) in [6.45, 7) is 8.04. The number of hydrogen-bond acceptors (Lipinski definition) is 2. The van der Waals surface area contributed by atoms with Gasteiger partial charge in [0.1, 0.15) is 0 Å². The highest BCUT2D eigenvalue weighted by Crippen LogP contribution is 2.24. The highest BCUT2D eigenvalue weighted by atomic mass is 16.2. The number of nitrogens with one attached hydrogen (secondary N) is 1. The first-order valence-electron chi connectivity index (χ1n) is 6.10. The fraction of sp³-hybridized carbons (Fsp3) is 1.00. The Kier molecular flexibility index (Phi) is 9.42. The molecule has 2 heteroatoms. The second-order valence-electron chi connectivity index (χ2n) is 4.19. The van der Waals surface area contributed by atoms with E-state index in [2.05, 4.69) is 19.2 Å². The van der Waals surface area contributed by atoms with Gasteiger partial charge < -0.3 is 10.4 Å². The van der Waals surface area contributed by atoms with Crippen LogP contribution in [0.5, 0.6) is 0 Å². The number of hydrogen-bond donors (Lipinski definition) is 2. The Morgan fingerprint density at radius 1 is 1.21 bits per heavy atom. The fourth-order valence-electron chi connectivity index (χ4n) is 1.78. The number of aliphatic hydroxyl groups is 1. The van der Waals surface area contributed by atoms with Crippen LogP contribution in [0, 0.1) is 5.92 Å². The van der Waals surface area contributed by atoms with E-state index in [4.69, 9.17) is 5.11 Å². The highest BCUT2D eigenvalue weighted by Gasteiger charge is 2.21. The van der Waals surface area contributed by atoms with Crippen LogP contribution in [0.3, 0.4) is 0 Å². The average Bonchev–Trinajstić information content (AvgIpc) is 2.61. The zero-order valence-corrected chi connectivity index (χ0v) is 10.1. The van der Waals surface area contributed by atoms with Gasteiger partial charge in [0.15, 0.2) is 0 Å². The van der Waals surface area contributed by atoms with Crippen LogP contribution in [0.4, 0.5) is 0 Å². The summed E-state index contributed by atoms with van der Waals surface area (Å²) in [4.78, 5) is 0. The SMILES string of the molecule is CCCNC1CCCC1C.CCCO. The molecule has 0 bridgehead atoms. The second kappa shape index (κ2) is 9.47. The molecule has 2 atom stereocenters. The molecule has 1 rings (SSSR count). The minimum Gasteiger partial charge on any atom is -0.396 e. The Morgan fingerprint density at radius 3 is 2.21 bits per heavy atom. The molecule has 0 radical (unpaired) electrons. The zero-order chi connectivity index (χ0) is 10.8. The van der Waals surface area contributed by atoms with E-state index in [1.807, 2.05) is 6.92 Å². The summed E-state index contributed by atoms with van der Waals surface area (Å²) < 4.78 is 0. The predicted octanol–water partition coefficient (Wildman–Crippen LogP) is 2.56. The van der Waals surface area contributed by atoms with E-state index in [9.17, 15) is 0 Å². The highest BCUT2D eigenvalue weighted by molar-refractivity contribution is 4.79. The van der Waals surface area contributed by atoms with Gasteiger partial charge in [-0.25, -0.2) is 0 Å². The van der Waals surface area contributed by atoms with Crippen LogP contribution in [0.1, 0.15) is 52.9 Å². The van der Waals surface area contributed by atoms with E-state index in [1.54, 1.807) is 0 Å². The molecular weight excluding hydrogens is 174 g/mol. The maximum absolute atomic E-state index is 7.88. The minimum absolute atomic E-state index is 0.319. The van der Waals surface area contributed by atoms with Gasteiger partial charge in [-0.05, 0) is 38.1 Å². The topological polar surface area (TPSA) is 32.3 Å². The van der Waals surface area contributed by atoms with Crippen molar-refractivity contribution in [2.45, 2.75) is 58.9 Å². The van der Waals surface area contributed by atoms with E-state index in [-0.39, 0.29) is 0 Å². The third-order valence-corrected chi connectivity index (χ3v) is 2.74. The summed E-state index contributed by atoms with van der Waals surface area (Å²) >= 11 is 0. The van der Waals surface area contributed by atoms with Crippen molar-refractivity contribution in [1.82, 2.24) is 5.32 Å². The molecule has 14 heavy (non-hydrogen) atoms. The number of rotatable bonds is 4. The van der Waals surface area contributed by atoms with Crippen LogP contribution in [0.25, 0.3) is 0 Å². The smallest absolute Gasteiger partial charge is 0.0428 e. The molecular formula is C12H27NO. The third kappa shape index (κ3) is 6.39. The van der Waals surface area contributed by atoms with Crippen LogP contribution in [-0.4, -0.2) is 24.3 Å². The zero-order valence-electron chi connectivity index (χ0n) is 10.1. The van der Waals surface area contributed by atoms with Gasteiger partial charge in [0.25, 0.3) is 0 Å². The van der Waals surface area contributed by atoms with Crippen LogP contribution in [0.15, 0.2) is 0 Å². The maximum Gasteiger partial charge on any atom is 0.0428 e. The molecule has 2 unspecified atom stereocenters. The molecule has 0 heterocycles. The summed E-state index contributed by atoms with van der Waals surface area (Å²) in [5.74, 6) is 0.923. The Bertz CT molecular complexity index is 115. The molecule has 0 spiro atoms. The lowest BCUT2D eigenvalue weighted by Crippen LogP contribution is -2.31. The number of aliphatic hydroxyl groups excluding tert-OH is 1. The lowest BCUT2D eigenvalue weighted by atomic mass is 10.1. The summed E-state index contributed by atoms with van der Waals surface area (Å²) in [7, 11) is 0. The molecule has 1 aliphatic carbocycles. The first kappa shape index (κ1) is 13.9. The molecule has 1 saturated carbocycles. The van der Waals surface area contributed by atoms with Gasteiger partial charge in [0.05, 0.1) is 0 Å². The molecule has 0 aliphatic heterocycles. The van der Waals surface area contributed by atoms with Gasteiger partial charge >= 0.3 is 0 Å². The molecule has 86 valence electrons. The standard InChI is InChI=1S/C9H19N.C3H8O/c1-3-7-10-9-6-4-5-8(9)2;1-2-3-4/h8-10H,3-7H2,1-2H3;4H,2-3H2,1H3. The van der Waals surface area contributed by atoms with Crippen LogP contribution >= 0.6 is 0 Å². The quantitative estimate of drug-likeness (QED) is 0.732. The molecule has 2 nitrogen and oxygen atoms in total. The Balaban J connectivity index is 0.000000364. The molecule has 0 aromatic carbocycles. The predicted molar refractivity (Wildman–Crippen MR) is 62.5 cm³/mol. The van der Waals surface area contributed by atoms with Gasteiger partial charge in [-0.3, -0.25) is 0 Å².